The van der Waals surface area contributed by atoms with Crippen molar-refractivity contribution < 1.29 is 9.90 Å². The Morgan fingerprint density at radius 3 is 3.08 bits per heavy atom. The smallest absolute Gasteiger partial charge is 0.311 e. The van der Waals surface area contributed by atoms with Crippen LogP contribution in [0.2, 0.25) is 0 Å². The van der Waals surface area contributed by atoms with Gasteiger partial charge in [0.15, 0.2) is 0 Å². The van der Waals surface area contributed by atoms with Gasteiger partial charge in [0.25, 0.3) is 0 Å². The monoisotopic (exact) mass is 177 g/mol. The largest absolute Gasteiger partial charge is 0.481 e. The predicted molar refractivity (Wildman–Crippen MR) is 47.6 cm³/mol. The molecule has 1 aromatic heterocycles. The van der Waals surface area contributed by atoms with E-state index in [9.17, 15) is 4.79 Å². The zero-order valence-electron chi connectivity index (χ0n) is 7.40. The van der Waals surface area contributed by atoms with E-state index in [2.05, 4.69) is 4.98 Å². The van der Waals surface area contributed by atoms with Crippen molar-refractivity contribution in [1.29, 1.82) is 0 Å². The summed E-state index contributed by atoms with van der Waals surface area (Å²) in [6.45, 7) is 2.05. The molecule has 68 valence electrons. The summed E-state index contributed by atoms with van der Waals surface area (Å²) in [5.74, 6) is -0.727. The predicted octanol–water partition coefficient (Wildman–Crippen LogP) is 1.76. The maximum absolute atomic E-state index is 10.9. The lowest BCUT2D eigenvalue weighted by Gasteiger charge is -2.03. The van der Waals surface area contributed by atoms with Crippen LogP contribution in [0.3, 0.4) is 0 Å². The fourth-order valence-corrected chi connectivity index (χ4v) is 1.99. The molecule has 0 saturated heterocycles. The van der Waals surface area contributed by atoms with Crippen molar-refractivity contribution in [2.24, 2.45) is 0 Å². The summed E-state index contributed by atoms with van der Waals surface area (Å²) in [6.07, 6.45) is 4.14. The molecule has 0 fully saturated rings. The molecule has 3 nitrogen and oxygen atoms in total. The van der Waals surface area contributed by atoms with Crippen LogP contribution in [0.15, 0.2) is 18.5 Å². The second kappa shape index (κ2) is 2.83. The summed E-state index contributed by atoms with van der Waals surface area (Å²) in [7, 11) is 0. The zero-order chi connectivity index (χ0) is 9.42. The zero-order valence-corrected chi connectivity index (χ0v) is 7.40. The molecule has 3 heteroatoms. The summed E-state index contributed by atoms with van der Waals surface area (Å²) < 4.78 is 0. The fraction of sp³-hybridized carbons (Fsp3) is 0.400. The Balaban J connectivity index is 2.47. The topological polar surface area (TPSA) is 50.2 Å². The summed E-state index contributed by atoms with van der Waals surface area (Å²) in [5.41, 5.74) is 2.03. The third-order valence-electron chi connectivity index (χ3n) is 2.68. The molecule has 0 aromatic carbocycles. The minimum Gasteiger partial charge on any atom is -0.481 e. The van der Waals surface area contributed by atoms with E-state index in [1.165, 1.54) is 0 Å². The summed E-state index contributed by atoms with van der Waals surface area (Å²) in [6, 6.07) is 1.82. The summed E-state index contributed by atoms with van der Waals surface area (Å²) in [4.78, 5) is 14.9. The summed E-state index contributed by atoms with van der Waals surface area (Å²) >= 11 is 0. The number of carboxylic acids is 1. The number of pyridine rings is 1. The lowest BCUT2D eigenvalue weighted by atomic mass is 10.0. The van der Waals surface area contributed by atoms with Crippen LogP contribution in [0.4, 0.5) is 0 Å². The van der Waals surface area contributed by atoms with E-state index in [0.717, 1.165) is 11.1 Å². The van der Waals surface area contributed by atoms with Gasteiger partial charge < -0.3 is 5.11 Å². The molecule has 0 spiro atoms. The molecule has 0 amide bonds. The molecule has 13 heavy (non-hydrogen) atoms. The van der Waals surface area contributed by atoms with Crippen molar-refractivity contribution in [3.8, 4) is 0 Å². The first-order chi connectivity index (χ1) is 6.20. The molecule has 0 bridgehead atoms. The van der Waals surface area contributed by atoms with Crippen LogP contribution in [-0.2, 0) is 4.79 Å². The number of hydrogen-bond donors (Lipinski definition) is 1. The number of carbonyl (C=O) groups is 1. The van der Waals surface area contributed by atoms with Crippen molar-refractivity contribution in [3.05, 3.63) is 29.6 Å². The van der Waals surface area contributed by atoms with Crippen molar-refractivity contribution in [1.82, 2.24) is 4.98 Å². The van der Waals surface area contributed by atoms with E-state index in [1.807, 2.05) is 13.0 Å². The highest BCUT2D eigenvalue weighted by molar-refractivity contribution is 5.78. The quantitative estimate of drug-likeness (QED) is 0.711. The van der Waals surface area contributed by atoms with Crippen LogP contribution in [0.25, 0.3) is 0 Å². The highest BCUT2D eigenvalue weighted by atomic mass is 16.4. The number of carboxylic acid groups (broad SMARTS) is 1. The number of hydrogen-bond acceptors (Lipinski definition) is 2. The summed E-state index contributed by atoms with van der Waals surface area (Å²) in [5, 5.41) is 8.96. The van der Waals surface area contributed by atoms with Gasteiger partial charge in [0.05, 0.1) is 5.92 Å². The molecular formula is C10H11NO2. The van der Waals surface area contributed by atoms with Gasteiger partial charge in [-0.05, 0) is 29.5 Å². The highest BCUT2D eigenvalue weighted by Gasteiger charge is 2.32. The number of aromatic nitrogens is 1. The van der Waals surface area contributed by atoms with Crippen LogP contribution in [0.1, 0.15) is 36.3 Å². The van der Waals surface area contributed by atoms with Gasteiger partial charge in [-0.25, -0.2) is 0 Å². The number of nitrogens with zero attached hydrogens (tertiary/aromatic N) is 1. The minimum absolute atomic E-state index is 0.324. The molecule has 1 aromatic rings. The van der Waals surface area contributed by atoms with E-state index in [-0.39, 0.29) is 5.92 Å². The molecule has 1 aliphatic carbocycles. The van der Waals surface area contributed by atoms with E-state index >= 15 is 0 Å². The SMILES string of the molecule is CC1CC(C(=O)O)c2ccncc21. The molecular weight excluding hydrogens is 166 g/mol. The second-order valence-corrected chi connectivity index (χ2v) is 3.53. The Hall–Kier alpha value is -1.38. The molecule has 0 saturated carbocycles. The standard InChI is InChI=1S/C10H11NO2/c1-6-4-8(10(12)13)7-2-3-11-5-9(6)7/h2-3,5-6,8H,4H2,1H3,(H,12,13). The van der Waals surface area contributed by atoms with Crippen molar-refractivity contribution >= 4 is 5.97 Å². The molecule has 1 heterocycles. The molecule has 0 radical (unpaired) electrons. The van der Waals surface area contributed by atoms with Gasteiger partial charge in [-0.1, -0.05) is 6.92 Å². The average molecular weight is 177 g/mol. The first-order valence-corrected chi connectivity index (χ1v) is 4.36. The van der Waals surface area contributed by atoms with E-state index in [1.54, 1.807) is 12.4 Å². The fourth-order valence-electron chi connectivity index (χ4n) is 1.99. The van der Waals surface area contributed by atoms with Gasteiger partial charge in [0.1, 0.15) is 0 Å². The van der Waals surface area contributed by atoms with E-state index < -0.39 is 5.97 Å². The Bertz CT molecular complexity index is 349. The number of aliphatic carboxylic acids is 1. The van der Waals surface area contributed by atoms with E-state index in [4.69, 9.17) is 5.11 Å². The number of fused-ring (bicyclic) bond motifs is 1. The Morgan fingerprint density at radius 1 is 1.62 bits per heavy atom. The van der Waals surface area contributed by atoms with Crippen LogP contribution in [-0.4, -0.2) is 16.1 Å². The molecule has 1 aliphatic rings. The van der Waals surface area contributed by atoms with Crippen molar-refractivity contribution in [2.75, 3.05) is 0 Å². The Morgan fingerprint density at radius 2 is 2.38 bits per heavy atom. The minimum atomic E-state index is -0.725. The Labute approximate surface area is 76.4 Å². The van der Waals surface area contributed by atoms with Crippen LogP contribution in [0.5, 0.6) is 0 Å². The average Bonchev–Trinajstić information content (AvgIpc) is 2.45. The van der Waals surface area contributed by atoms with Crippen LogP contribution in [0, 0.1) is 0 Å². The molecule has 2 unspecified atom stereocenters. The first-order valence-electron chi connectivity index (χ1n) is 4.36. The first kappa shape index (κ1) is 8.23. The normalized spacial score (nSPS) is 25.6. The maximum Gasteiger partial charge on any atom is 0.311 e. The van der Waals surface area contributed by atoms with Crippen LogP contribution < -0.4 is 0 Å². The lowest BCUT2D eigenvalue weighted by molar-refractivity contribution is -0.138. The van der Waals surface area contributed by atoms with Crippen LogP contribution >= 0.6 is 0 Å². The molecule has 2 atom stereocenters. The van der Waals surface area contributed by atoms with Crippen molar-refractivity contribution in [2.45, 2.75) is 25.2 Å². The van der Waals surface area contributed by atoms with Gasteiger partial charge in [-0.3, -0.25) is 9.78 Å². The lowest BCUT2D eigenvalue weighted by Crippen LogP contribution is -2.07. The third-order valence-corrected chi connectivity index (χ3v) is 2.68. The molecule has 0 aliphatic heterocycles. The highest BCUT2D eigenvalue weighted by Crippen LogP contribution is 2.40. The van der Waals surface area contributed by atoms with Gasteiger partial charge >= 0.3 is 5.97 Å². The molecule has 2 rings (SSSR count). The van der Waals surface area contributed by atoms with Gasteiger partial charge in [-0.2, -0.15) is 0 Å². The van der Waals surface area contributed by atoms with E-state index in [0.29, 0.717) is 12.3 Å². The van der Waals surface area contributed by atoms with Gasteiger partial charge in [-0.15, -0.1) is 0 Å². The van der Waals surface area contributed by atoms with Gasteiger partial charge in [0, 0.05) is 12.4 Å². The third kappa shape index (κ3) is 1.20. The maximum atomic E-state index is 10.9. The second-order valence-electron chi connectivity index (χ2n) is 3.53. The van der Waals surface area contributed by atoms with Gasteiger partial charge in [0.2, 0.25) is 0 Å². The molecule has 1 N–H and O–H groups in total. The van der Waals surface area contributed by atoms with Crippen molar-refractivity contribution in [3.63, 3.8) is 0 Å². The Kier molecular flexibility index (Phi) is 1.79. The number of rotatable bonds is 1.